The summed E-state index contributed by atoms with van der Waals surface area (Å²) < 4.78 is 5.17. The number of amides is 1. The maximum atomic E-state index is 12.1. The smallest absolute Gasteiger partial charge is 0.237 e. The lowest BCUT2D eigenvalue weighted by atomic mass is 9.97. The van der Waals surface area contributed by atoms with E-state index in [0.717, 1.165) is 17.7 Å². The summed E-state index contributed by atoms with van der Waals surface area (Å²) in [6.45, 7) is 2.77. The van der Waals surface area contributed by atoms with Gasteiger partial charge < -0.3 is 15.8 Å². The molecule has 136 valence electrons. The van der Waals surface area contributed by atoms with E-state index in [4.69, 9.17) is 10.5 Å². The van der Waals surface area contributed by atoms with E-state index < -0.39 is 6.04 Å². The zero-order chi connectivity index (χ0) is 17.4. The molecule has 0 aromatic heterocycles. The molecule has 1 amide bonds. The number of hydrogen-bond donors (Lipinski definition) is 2. The lowest BCUT2D eigenvalue weighted by molar-refractivity contribution is -0.122. The fourth-order valence-electron chi connectivity index (χ4n) is 2.60. The van der Waals surface area contributed by atoms with Crippen LogP contribution in [0, 0.1) is 0 Å². The molecule has 3 N–H and O–H groups in total. The number of nitrogens with one attached hydrogen (secondary N) is 1. The second-order valence-corrected chi connectivity index (χ2v) is 6.05. The fourth-order valence-corrected chi connectivity index (χ4v) is 2.60. The Labute approximate surface area is 156 Å². The Hall–Kier alpha value is -2.04. The van der Waals surface area contributed by atoms with E-state index in [2.05, 4.69) is 24.4 Å². The zero-order valence-corrected chi connectivity index (χ0v) is 15.6. The van der Waals surface area contributed by atoms with Crippen LogP contribution in [0.5, 0.6) is 5.75 Å². The molecule has 2 aromatic carbocycles. The Balaban J connectivity index is 0.00000312. The summed E-state index contributed by atoms with van der Waals surface area (Å²) in [6.07, 6.45) is 1.43. The van der Waals surface area contributed by atoms with Gasteiger partial charge in [-0.05, 0) is 42.0 Å². The second kappa shape index (κ2) is 10.7. The van der Waals surface area contributed by atoms with E-state index >= 15 is 0 Å². The van der Waals surface area contributed by atoms with Crippen molar-refractivity contribution in [2.75, 3.05) is 13.7 Å². The molecule has 0 heterocycles. The Morgan fingerprint density at radius 1 is 1.12 bits per heavy atom. The zero-order valence-electron chi connectivity index (χ0n) is 14.8. The number of carbonyl (C=O) groups excluding carboxylic acids is 1. The highest BCUT2D eigenvalue weighted by Crippen LogP contribution is 2.21. The number of halogens is 1. The second-order valence-electron chi connectivity index (χ2n) is 6.05. The highest BCUT2D eigenvalue weighted by Gasteiger charge is 2.14. The van der Waals surface area contributed by atoms with Gasteiger partial charge in [-0.15, -0.1) is 12.4 Å². The van der Waals surface area contributed by atoms with Crippen molar-refractivity contribution in [3.63, 3.8) is 0 Å². The van der Waals surface area contributed by atoms with E-state index in [1.807, 2.05) is 42.5 Å². The summed E-state index contributed by atoms with van der Waals surface area (Å²) in [7, 11) is 1.66. The Kier molecular flexibility index (Phi) is 9.03. The van der Waals surface area contributed by atoms with Gasteiger partial charge in [-0.1, -0.05) is 49.4 Å². The summed E-state index contributed by atoms with van der Waals surface area (Å²) in [5, 5.41) is 2.94. The highest BCUT2D eigenvalue weighted by molar-refractivity contribution is 5.85. The minimum Gasteiger partial charge on any atom is -0.497 e. The van der Waals surface area contributed by atoms with Gasteiger partial charge in [0.1, 0.15) is 5.75 Å². The third kappa shape index (κ3) is 6.77. The SMILES string of the molecule is COc1ccc(C(C)CCNC(=O)[C@@H](N)Cc2ccccc2)cc1.Cl. The summed E-state index contributed by atoms with van der Waals surface area (Å²) >= 11 is 0. The van der Waals surface area contributed by atoms with Crippen LogP contribution >= 0.6 is 12.4 Å². The van der Waals surface area contributed by atoms with Crippen LogP contribution in [-0.2, 0) is 11.2 Å². The molecular formula is C20H27ClN2O2. The molecule has 2 aromatic rings. The van der Waals surface area contributed by atoms with Gasteiger partial charge in [0, 0.05) is 6.54 Å². The van der Waals surface area contributed by atoms with E-state index in [1.165, 1.54) is 5.56 Å². The van der Waals surface area contributed by atoms with Crippen LogP contribution in [0.25, 0.3) is 0 Å². The molecule has 0 aliphatic heterocycles. The molecule has 0 aliphatic carbocycles. The first-order chi connectivity index (χ1) is 11.6. The number of ether oxygens (including phenoxy) is 1. The average molecular weight is 363 g/mol. The minimum atomic E-state index is -0.510. The van der Waals surface area contributed by atoms with Crippen molar-refractivity contribution in [3.8, 4) is 5.75 Å². The molecule has 1 unspecified atom stereocenters. The van der Waals surface area contributed by atoms with Crippen molar-refractivity contribution in [3.05, 3.63) is 65.7 Å². The minimum absolute atomic E-state index is 0. The van der Waals surface area contributed by atoms with E-state index in [9.17, 15) is 4.79 Å². The van der Waals surface area contributed by atoms with Gasteiger partial charge in [0.25, 0.3) is 0 Å². The molecule has 2 atom stereocenters. The first kappa shape index (κ1) is 21.0. The topological polar surface area (TPSA) is 64.3 Å². The molecule has 0 spiro atoms. The van der Waals surface area contributed by atoms with Crippen molar-refractivity contribution in [2.45, 2.75) is 31.7 Å². The molecule has 0 bridgehead atoms. The summed E-state index contributed by atoms with van der Waals surface area (Å²) in [6, 6.07) is 17.4. The number of methoxy groups -OCH3 is 1. The molecule has 0 aliphatic rings. The summed E-state index contributed by atoms with van der Waals surface area (Å²) in [4.78, 5) is 12.1. The van der Waals surface area contributed by atoms with Gasteiger partial charge in [-0.25, -0.2) is 0 Å². The number of carbonyl (C=O) groups is 1. The number of hydrogen-bond acceptors (Lipinski definition) is 3. The van der Waals surface area contributed by atoms with Gasteiger partial charge in [0.05, 0.1) is 13.2 Å². The van der Waals surface area contributed by atoms with Crippen molar-refractivity contribution in [1.82, 2.24) is 5.32 Å². The van der Waals surface area contributed by atoms with Crippen molar-refractivity contribution in [2.24, 2.45) is 5.73 Å². The normalized spacial score (nSPS) is 12.6. The predicted octanol–water partition coefficient (Wildman–Crippen LogP) is 3.30. The molecule has 0 radical (unpaired) electrons. The first-order valence-electron chi connectivity index (χ1n) is 8.31. The van der Waals surface area contributed by atoms with E-state index in [1.54, 1.807) is 7.11 Å². The van der Waals surface area contributed by atoms with Crippen LogP contribution in [0.4, 0.5) is 0 Å². The molecular weight excluding hydrogens is 336 g/mol. The number of benzene rings is 2. The Bertz CT molecular complexity index is 632. The Morgan fingerprint density at radius 3 is 2.36 bits per heavy atom. The third-order valence-corrected chi connectivity index (χ3v) is 4.20. The van der Waals surface area contributed by atoms with Crippen LogP contribution in [0.3, 0.4) is 0 Å². The summed E-state index contributed by atoms with van der Waals surface area (Å²) in [5.41, 5.74) is 8.29. The molecule has 0 saturated carbocycles. The van der Waals surface area contributed by atoms with Crippen molar-refractivity contribution >= 4 is 18.3 Å². The molecule has 0 saturated heterocycles. The van der Waals surface area contributed by atoms with Gasteiger partial charge in [0.15, 0.2) is 0 Å². The van der Waals surface area contributed by atoms with Crippen molar-refractivity contribution in [1.29, 1.82) is 0 Å². The van der Waals surface area contributed by atoms with E-state index in [0.29, 0.717) is 18.9 Å². The number of rotatable bonds is 8. The lowest BCUT2D eigenvalue weighted by Crippen LogP contribution is -2.42. The average Bonchev–Trinajstić information content (AvgIpc) is 2.62. The van der Waals surface area contributed by atoms with Crippen LogP contribution < -0.4 is 15.8 Å². The van der Waals surface area contributed by atoms with Gasteiger partial charge >= 0.3 is 0 Å². The van der Waals surface area contributed by atoms with E-state index in [-0.39, 0.29) is 18.3 Å². The van der Waals surface area contributed by atoms with Crippen molar-refractivity contribution < 1.29 is 9.53 Å². The van der Waals surface area contributed by atoms with Crippen LogP contribution in [-0.4, -0.2) is 25.6 Å². The van der Waals surface area contributed by atoms with Crippen LogP contribution in [0.2, 0.25) is 0 Å². The fraction of sp³-hybridized carbons (Fsp3) is 0.350. The predicted molar refractivity (Wildman–Crippen MR) is 104 cm³/mol. The van der Waals surface area contributed by atoms with Gasteiger partial charge in [-0.3, -0.25) is 4.79 Å². The third-order valence-electron chi connectivity index (χ3n) is 4.20. The molecule has 4 nitrogen and oxygen atoms in total. The summed E-state index contributed by atoms with van der Waals surface area (Å²) in [5.74, 6) is 1.12. The Morgan fingerprint density at radius 2 is 1.76 bits per heavy atom. The van der Waals surface area contributed by atoms with Crippen LogP contribution in [0.15, 0.2) is 54.6 Å². The highest BCUT2D eigenvalue weighted by atomic mass is 35.5. The molecule has 25 heavy (non-hydrogen) atoms. The molecule has 5 heteroatoms. The number of nitrogens with two attached hydrogens (primary N) is 1. The maximum Gasteiger partial charge on any atom is 0.237 e. The lowest BCUT2D eigenvalue weighted by Gasteiger charge is -2.15. The largest absolute Gasteiger partial charge is 0.497 e. The van der Waals surface area contributed by atoms with Gasteiger partial charge in [-0.2, -0.15) is 0 Å². The quantitative estimate of drug-likeness (QED) is 0.757. The monoisotopic (exact) mass is 362 g/mol. The van der Waals surface area contributed by atoms with Gasteiger partial charge in [0.2, 0.25) is 5.91 Å². The molecule has 2 rings (SSSR count). The standard InChI is InChI=1S/C20H26N2O2.ClH/c1-15(17-8-10-18(24-2)11-9-17)12-13-22-20(23)19(21)14-16-6-4-3-5-7-16;/h3-11,15,19H,12-14,21H2,1-2H3,(H,22,23);1H/t15?,19-;/m0./s1. The first-order valence-corrected chi connectivity index (χ1v) is 8.31. The van der Waals surface area contributed by atoms with Crippen LogP contribution in [0.1, 0.15) is 30.4 Å². The molecule has 0 fully saturated rings. The maximum absolute atomic E-state index is 12.1.